The van der Waals surface area contributed by atoms with Gasteiger partial charge in [0.2, 0.25) is 0 Å². The summed E-state index contributed by atoms with van der Waals surface area (Å²) in [4.78, 5) is 16.4. The molecule has 1 saturated heterocycles. The van der Waals surface area contributed by atoms with Gasteiger partial charge in [-0.05, 0) is 12.1 Å². The summed E-state index contributed by atoms with van der Waals surface area (Å²) in [6.45, 7) is 5.26. The van der Waals surface area contributed by atoms with E-state index in [0.29, 0.717) is 11.6 Å². The molecule has 1 N–H and O–H groups in total. The number of ether oxygens (including phenoxy) is 2. The number of aromatic nitrogens is 1. The van der Waals surface area contributed by atoms with Crippen LogP contribution >= 0.6 is 11.3 Å². The summed E-state index contributed by atoms with van der Waals surface area (Å²) >= 11 is 1.28. The first-order valence-corrected chi connectivity index (χ1v) is 8.42. The number of nitrogens with one attached hydrogen (secondary N) is 1. The number of rotatable bonds is 6. The molecule has 1 fully saturated rings. The van der Waals surface area contributed by atoms with E-state index in [2.05, 4.69) is 4.98 Å². The molecule has 0 spiro atoms. The lowest BCUT2D eigenvalue weighted by Crippen LogP contribution is -3.14. The van der Waals surface area contributed by atoms with Crippen LogP contribution in [-0.4, -0.2) is 50.4 Å². The Bertz CT molecular complexity index is 668. The van der Waals surface area contributed by atoms with Crippen molar-refractivity contribution in [1.82, 2.24) is 4.98 Å². The molecule has 1 aliphatic heterocycles. The molecule has 0 radical (unpaired) electrons. The standard InChI is InChI=1S/C16H18N2O4S/c19-16(20)14-11-23-15(17-14)12-2-1-3-13(10-12)22-9-6-18-4-7-21-8-5-18/h1-3,10-11H,4-9H2,(H,19,20). The molecular formula is C16H18N2O4S. The Kier molecular flexibility index (Phi) is 5.22. The van der Waals surface area contributed by atoms with Crippen LogP contribution in [0, 0.1) is 0 Å². The number of carboxylic acids is 1. The van der Waals surface area contributed by atoms with Crippen LogP contribution in [0.2, 0.25) is 0 Å². The molecule has 0 bridgehead atoms. The number of hydrogen-bond donors (Lipinski definition) is 1. The Morgan fingerprint density at radius 3 is 2.96 bits per heavy atom. The van der Waals surface area contributed by atoms with Crippen LogP contribution in [0.5, 0.6) is 5.75 Å². The van der Waals surface area contributed by atoms with E-state index in [4.69, 9.17) is 9.47 Å². The summed E-state index contributed by atoms with van der Waals surface area (Å²) in [6, 6.07) is 7.54. The smallest absolute Gasteiger partial charge is 0.137 e. The van der Waals surface area contributed by atoms with Crippen molar-refractivity contribution in [2.24, 2.45) is 0 Å². The minimum absolute atomic E-state index is 0.0350. The number of carboxylic acid groups (broad SMARTS) is 1. The van der Waals surface area contributed by atoms with E-state index in [1.54, 1.807) is 0 Å². The van der Waals surface area contributed by atoms with E-state index in [9.17, 15) is 9.90 Å². The molecule has 1 aliphatic rings. The molecule has 0 unspecified atom stereocenters. The average Bonchev–Trinajstić information content (AvgIpc) is 3.07. The molecule has 1 aromatic carbocycles. The van der Waals surface area contributed by atoms with Gasteiger partial charge < -0.3 is 24.3 Å². The van der Waals surface area contributed by atoms with E-state index in [-0.39, 0.29) is 5.69 Å². The fourth-order valence-electron chi connectivity index (χ4n) is 2.44. The zero-order valence-electron chi connectivity index (χ0n) is 12.6. The lowest BCUT2D eigenvalue weighted by molar-refractivity contribution is -0.908. The van der Waals surface area contributed by atoms with Gasteiger partial charge in [-0.1, -0.05) is 12.1 Å². The monoisotopic (exact) mass is 334 g/mol. The van der Waals surface area contributed by atoms with Crippen molar-refractivity contribution in [3.63, 3.8) is 0 Å². The number of nitrogens with zero attached hydrogens (tertiary/aromatic N) is 1. The minimum Gasteiger partial charge on any atom is -0.543 e. The summed E-state index contributed by atoms with van der Waals surface area (Å²) in [5.41, 5.74) is 0.811. The molecule has 6 nitrogen and oxygen atoms in total. The van der Waals surface area contributed by atoms with Crippen LogP contribution in [0.3, 0.4) is 0 Å². The van der Waals surface area contributed by atoms with Crippen molar-refractivity contribution in [2.45, 2.75) is 0 Å². The maximum absolute atomic E-state index is 10.8. The first-order chi connectivity index (χ1) is 11.2. The quantitative estimate of drug-likeness (QED) is 0.768. The van der Waals surface area contributed by atoms with Gasteiger partial charge in [-0.15, -0.1) is 11.3 Å². The number of benzene rings is 1. The molecule has 3 rings (SSSR count). The van der Waals surface area contributed by atoms with Gasteiger partial charge in [-0.25, -0.2) is 4.98 Å². The van der Waals surface area contributed by atoms with E-state index < -0.39 is 5.97 Å². The third-order valence-electron chi connectivity index (χ3n) is 3.72. The van der Waals surface area contributed by atoms with Gasteiger partial charge >= 0.3 is 0 Å². The predicted octanol–water partition coefficient (Wildman–Crippen LogP) is -0.532. The van der Waals surface area contributed by atoms with E-state index in [1.807, 2.05) is 24.3 Å². The van der Waals surface area contributed by atoms with Crippen LogP contribution in [-0.2, 0) is 4.74 Å². The van der Waals surface area contributed by atoms with E-state index in [0.717, 1.165) is 44.2 Å². The third kappa shape index (κ3) is 4.28. The molecule has 0 atom stereocenters. The molecular weight excluding hydrogens is 316 g/mol. The Hall–Kier alpha value is -1.96. The van der Waals surface area contributed by atoms with Crippen LogP contribution in [0.1, 0.15) is 10.5 Å². The topological polar surface area (TPSA) is 75.9 Å². The highest BCUT2D eigenvalue weighted by molar-refractivity contribution is 7.13. The molecule has 0 saturated carbocycles. The molecule has 23 heavy (non-hydrogen) atoms. The van der Waals surface area contributed by atoms with Crippen LogP contribution < -0.4 is 14.7 Å². The minimum atomic E-state index is -1.26. The van der Waals surface area contributed by atoms with Gasteiger partial charge in [0.05, 0.1) is 24.9 Å². The lowest BCUT2D eigenvalue weighted by Gasteiger charge is -2.23. The average molecular weight is 334 g/mol. The number of hydrogen-bond acceptors (Lipinski definition) is 6. The zero-order valence-corrected chi connectivity index (χ0v) is 13.4. The Labute approximate surface area is 138 Å². The van der Waals surface area contributed by atoms with Crippen LogP contribution in [0.4, 0.5) is 0 Å². The zero-order chi connectivity index (χ0) is 16.1. The van der Waals surface area contributed by atoms with Crippen molar-refractivity contribution in [2.75, 3.05) is 39.5 Å². The normalized spacial score (nSPS) is 15.5. The number of morpholine rings is 1. The SMILES string of the molecule is O=C([O-])c1csc(-c2cccc(OCC[NH+]3CCOCC3)c2)n1. The predicted molar refractivity (Wildman–Crippen MR) is 83.8 cm³/mol. The first kappa shape index (κ1) is 15.9. The lowest BCUT2D eigenvalue weighted by atomic mass is 10.2. The van der Waals surface area contributed by atoms with Gasteiger partial charge in [0.25, 0.3) is 0 Å². The number of aromatic carboxylic acids is 1. The highest BCUT2D eigenvalue weighted by Crippen LogP contribution is 2.26. The largest absolute Gasteiger partial charge is 0.543 e. The van der Waals surface area contributed by atoms with Crippen LogP contribution in [0.25, 0.3) is 10.6 Å². The number of thiazole rings is 1. The number of carbonyl (C=O) groups is 1. The van der Waals surface area contributed by atoms with Gasteiger partial charge in [0.15, 0.2) is 0 Å². The molecule has 1 aromatic heterocycles. The van der Waals surface area contributed by atoms with Gasteiger partial charge in [-0.2, -0.15) is 0 Å². The van der Waals surface area contributed by atoms with Crippen molar-refractivity contribution in [3.05, 3.63) is 35.3 Å². The second-order valence-corrected chi connectivity index (χ2v) is 6.17. The van der Waals surface area contributed by atoms with Crippen molar-refractivity contribution in [3.8, 4) is 16.3 Å². The Morgan fingerprint density at radius 1 is 1.39 bits per heavy atom. The maximum Gasteiger partial charge on any atom is 0.137 e. The fraction of sp³-hybridized carbons (Fsp3) is 0.375. The molecule has 2 aromatic rings. The summed E-state index contributed by atoms with van der Waals surface area (Å²) < 4.78 is 11.1. The van der Waals surface area contributed by atoms with E-state index >= 15 is 0 Å². The molecule has 122 valence electrons. The van der Waals surface area contributed by atoms with Gasteiger partial charge in [0, 0.05) is 10.9 Å². The number of quaternary nitrogens is 1. The third-order valence-corrected chi connectivity index (χ3v) is 4.61. The first-order valence-electron chi connectivity index (χ1n) is 7.54. The fourth-order valence-corrected chi connectivity index (χ4v) is 3.23. The highest BCUT2D eigenvalue weighted by Gasteiger charge is 2.13. The molecule has 2 heterocycles. The Morgan fingerprint density at radius 2 is 2.22 bits per heavy atom. The van der Waals surface area contributed by atoms with Crippen molar-refractivity contribution >= 4 is 17.3 Å². The van der Waals surface area contributed by atoms with Gasteiger partial charge in [-0.3, -0.25) is 0 Å². The van der Waals surface area contributed by atoms with Gasteiger partial charge in [0.1, 0.15) is 37.0 Å². The summed E-state index contributed by atoms with van der Waals surface area (Å²) in [6.07, 6.45) is 0. The maximum atomic E-state index is 10.8. The number of carbonyl (C=O) groups excluding carboxylic acids is 1. The Balaban J connectivity index is 1.59. The molecule has 0 amide bonds. The summed E-state index contributed by atoms with van der Waals surface area (Å²) in [7, 11) is 0. The van der Waals surface area contributed by atoms with Crippen LogP contribution in [0.15, 0.2) is 29.6 Å². The van der Waals surface area contributed by atoms with E-state index in [1.165, 1.54) is 21.6 Å². The molecule has 0 aliphatic carbocycles. The second kappa shape index (κ2) is 7.54. The summed E-state index contributed by atoms with van der Waals surface area (Å²) in [5.74, 6) is -0.492. The highest BCUT2D eigenvalue weighted by atomic mass is 32.1. The van der Waals surface area contributed by atoms with Crippen molar-refractivity contribution in [1.29, 1.82) is 0 Å². The molecule has 7 heteroatoms. The second-order valence-electron chi connectivity index (χ2n) is 5.31. The summed E-state index contributed by atoms with van der Waals surface area (Å²) in [5, 5.41) is 12.9. The van der Waals surface area contributed by atoms with Crippen molar-refractivity contribution < 1.29 is 24.3 Å².